The Balaban J connectivity index is 1.81. The maximum atomic E-state index is 10.5. The average molecular weight is 292 g/mol. The molecule has 110 valence electrons. The van der Waals surface area contributed by atoms with Crippen molar-refractivity contribution in [2.75, 3.05) is 0 Å². The fourth-order valence-corrected chi connectivity index (χ4v) is 3.07. The Kier molecular flexibility index (Phi) is 3.01. The predicted molar refractivity (Wildman–Crippen MR) is 85.0 cm³/mol. The Labute approximate surface area is 128 Å². The Morgan fingerprint density at radius 2 is 1.68 bits per heavy atom. The van der Waals surface area contributed by atoms with Crippen LogP contribution in [0.1, 0.15) is 29.8 Å². The van der Waals surface area contributed by atoms with Gasteiger partial charge >= 0.3 is 0 Å². The van der Waals surface area contributed by atoms with E-state index < -0.39 is 6.10 Å². The first-order valence-corrected chi connectivity index (χ1v) is 7.37. The van der Waals surface area contributed by atoms with Crippen molar-refractivity contribution >= 4 is 10.8 Å². The number of aliphatic hydroxyl groups excluding tert-OH is 1. The smallest absolute Gasteiger partial charge is 0.133 e. The standard InChI is InChI=1S/C19H16O3/c20-14-8-5-13(6-9-14)18-11-17(21)16-10-7-12-3-1-2-4-15(12)19(16)22-18/h1-10,17-18,20-21H,11H2/t17-,18+/m0/s1. The molecule has 0 fully saturated rings. The number of hydrogen-bond acceptors (Lipinski definition) is 3. The van der Waals surface area contributed by atoms with Gasteiger partial charge in [0.25, 0.3) is 0 Å². The van der Waals surface area contributed by atoms with Crippen molar-refractivity contribution < 1.29 is 14.9 Å². The van der Waals surface area contributed by atoms with Gasteiger partial charge in [0.2, 0.25) is 0 Å². The number of rotatable bonds is 1. The van der Waals surface area contributed by atoms with Gasteiger partial charge in [0.15, 0.2) is 0 Å². The van der Waals surface area contributed by atoms with Gasteiger partial charge in [-0.3, -0.25) is 0 Å². The van der Waals surface area contributed by atoms with E-state index in [0.717, 1.165) is 27.6 Å². The molecule has 1 heterocycles. The van der Waals surface area contributed by atoms with Gasteiger partial charge in [0.05, 0.1) is 6.10 Å². The molecule has 2 N–H and O–H groups in total. The summed E-state index contributed by atoms with van der Waals surface area (Å²) in [6.45, 7) is 0. The molecule has 22 heavy (non-hydrogen) atoms. The Morgan fingerprint density at radius 1 is 0.909 bits per heavy atom. The highest BCUT2D eigenvalue weighted by Crippen LogP contribution is 2.44. The van der Waals surface area contributed by atoms with Crippen molar-refractivity contribution in [2.24, 2.45) is 0 Å². The van der Waals surface area contributed by atoms with Crippen LogP contribution in [-0.2, 0) is 0 Å². The summed E-state index contributed by atoms with van der Waals surface area (Å²) in [6.07, 6.45) is -0.253. The van der Waals surface area contributed by atoms with E-state index in [1.165, 1.54) is 0 Å². The summed E-state index contributed by atoms with van der Waals surface area (Å²) in [7, 11) is 0. The number of hydrogen-bond donors (Lipinski definition) is 2. The summed E-state index contributed by atoms with van der Waals surface area (Å²) in [4.78, 5) is 0. The van der Waals surface area contributed by atoms with Crippen LogP contribution in [0.15, 0.2) is 60.7 Å². The molecule has 1 aliphatic rings. The van der Waals surface area contributed by atoms with Crippen LogP contribution in [0.4, 0.5) is 0 Å². The zero-order chi connectivity index (χ0) is 15.1. The summed E-state index contributed by atoms with van der Waals surface area (Å²) in [6, 6.07) is 18.9. The van der Waals surface area contributed by atoms with E-state index in [0.29, 0.717) is 6.42 Å². The summed E-state index contributed by atoms with van der Waals surface area (Å²) in [5.74, 6) is 0.987. The minimum atomic E-state index is -0.549. The molecule has 3 aromatic carbocycles. The molecule has 0 saturated heterocycles. The Morgan fingerprint density at radius 3 is 2.50 bits per heavy atom. The molecule has 3 nitrogen and oxygen atoms in total. The first-order valence-electron chi connectivity index (χ1n) is 7.37. The van der Waals surface area contributed by atoms with E-state index in [1.54, 1.807) is 12.1 Å². The second kappa shape index (κ2) is 5.04. The number of aromatic hydroxyl groups is 1. The molecule has 0 spiro atoms. The molecular formula is C19H16O3. The van der Waals surface area contributed by atoms with Crippen molar-refractivity contribution in [1.29, 1.82) is 0 Å². The summed E-state index contributed by atoms with van der Waals surface area (Å²) in [5.41, 5.74) is 1.80. The fraction of sp³-hybridized carbons (Fsp3) is 0.158. The molecule has 4 rings (SSSR count). The minimum absolute atomic E-state index is 0.214. The van der Waals surface area contributed by atoms with E-state index in [1.807, 2.05) is 48.5 Å². The normalized spacial score (nSPS) is 20.4. The summed E-state index contributed by atoms with van der Waals surface area (Å²) >= 11 is 0. The first-order chi connectivity index (χ1) is 10.7. The van der Waals surface area contributed by atoms with Crippen molar-refractivity contribution in [3.63, 3.8) is 0 Å². The summed E-state index contributed by atoms with van der Waals surface area (Å²) < 4.78 is 6.20. The highest BCUT2D eigenvalue weighted by Gasteiger charge is 2.29. The molecule has 0 bridgehead atoms. The zero-order valence-electron chi connectivity index (χ0n) is 11.9. The maximum Gasteiger partial charge on any atom is 0.133 e. The van der Waals surface area contributed by atoms with Gasteiger partial charge in [-0.2, -0.15) is 0 Å². The lowest BCUT2D eigenvalue weighted by Crippen LogP contribution is -2.19. The van der Waals surface area contributed by atoms with Gasteiger partial charge in [0, 0.05) is 17.4 Å². The van der Waals surface area contributed by atoms with Gasteiger partial charge in [-0.1, -0.05) is 48.5 Å². The van der Waals surface area contributed by atoms with Crippen LogP contribution >= 0.6 is 0 Å². The van der Waals surface area contributed by atoms with Crippen molar-refractivity contribution in [3.05, 3.63) is 71.8 Å². The van der Waals surface area contributed by atoms with Crippen LogP contribution in [0.2, 0.25) is 0 Å². The number of aliphatic hydroxyl groups is 1. The molecule has 1 aliphatic heterocycles. The van der Waals surface area contributed by atoms with E-state index in [2.05, 4.69) is 0 Å². The van der Waals surface area contributed by atoms with Gasteiger partial charge in [-0.15, -0.1) is 0 Å². The third-order valence-corrected chi connectivity index (χ3v) is 4.23. The van der Waals surface area contributed by atoms with E-state index in [9.17, 15) is 10.2 Å². The van der Waals surface area contributed by atoms with Crippen molar-refractivity contribution in [2.45, 2.75) is 18.6 Å². The van der Waals surface area contributed by atoms with E-state index in [-0.39, 0.29) is 11.9 Å². The highest BCUT2D eigenvalue weighted by molar-refractivity contribution is 5.90. The van der Waals surface area contributed by atoms with E-state index >= 15 is 0 Å². The molecule has 0 saturated carbocycles. The number of phenols is 1. The van der Waals surface area contributed by atoms with Crippen LogP contribution in [0, 0.1) is 0 Å². The van der Waals surface area contributed by atoms with Crippen molar-refractivity contribution in [3.8, 4) is 11.5 Å². The number of ether oxygens (including phenoxy) is 1. The lowest BCUT2D eigenvalue weighted by Gasteiger charge is -2.31. The monoisotopic (exact) mass is 292 g/mol. The van der Waals surface area contributed by atoms with E-state index in [4.69, 9.17) is 4.74 Å². The van der Waals surface area contributed by atoms with Gasteiger partial charge in [-0.25, -0.2) is 0 Å². The first kappa shape index (κ1) is 13.2. The van der Waals surface area contributed by atoms with Gasteiger partial charge in [0.1, 0.15) is 17.6 Å². The van der Waals surface area contributed by atoms with Crippen LogP contribution in [-0.4, -0.2) is 10.2 Å². The fourth-order valence-electron chi connectivity index (χ4n) is 3.07. The highest BCUT2D eigenvalue weighted by atomic mass is 16.5. The second-order valence-corrected chi connectivity index (χ2v) is 5.65. The minimum Gasteiger partial charge on any atom is -0.508 e. The van der Waals surface area contributed by atoms with Crippen molar-refractivity contribution in [1.82, 2.24) is 0 Å². The second-order valence-electron chi connectivity index (χ2n) is 5.65. The third-order valence-electron chi connectivity index (χ3n) is 4.23. The quantitative estimate of drug-likeness (QED) is 0.710. The molecule has 2 atom stereocenters. The molecule has 3 heteroatoms. The SMILES string of the molecule is Oc1ccc([C@H]2C[C@H](O)c3ccc4ccccc4c3O2)cc1. The Bertz CT molecular complexity index is 824. The van der Waals surface area contributed by atoms with Crippen LogP contribution in [0.3, 0.4) is 0 Å². The predicted octanol–water partition coefficient (Wildman–Crippen LogP) is 4.10. The molecule has 0 radical (unpaired) electrons. The molecule has 0 unspecified atom stereocenters. The number of phenolic OH excluding ortho intramolecular Hbond substituents is 1. The molecule has 3 aromatic rings. The molecule has 0 aromatic heterocycles. The third kappa shape index (κ3) is 2.11. The molecular weight excluding hydrogens is 276 g/mol. The molecule has 0 aliphatic carbocycles. The average Bonchev–Trinajstić information content (AvgIpc) is 2.55. The largest absolute Gasteiger partial charge is 0.508 e. The Hall–Kier alpha value is -2.52. The number of benzene rings is 3. The lowest BCUT2D eigenvalue weighted by atomic mass is 9.92. The van der Waals surface area contributed by atoms with Gasteiger partial charge in [-0.05, 0) is 23.1 Å². The maximum absolute atomic E-state index is 10.5. The zero-order valence-corrected chi connectivity index (χ0v) is 11.9. The summed E-state index contributed by atoms with van der Waals surface area (Å²) in [5, 5.41) is 22.0. The molecule has 0 amide bonds. The van der Waals surface area contributed by atoms with Crippen LogP contribution < -0.4 is 4.74 Å². The lowest BCUT2D eigenvalue weighted by molar-refractivity contribution is 0.0672. The van der Waals surface area contributed by atoms with Crippen LogP contribution in [0.5, 0.6) is 11.5 Å². The number of fused-ring (bicyclic) bond motifs is 3. The van der Waals surface area contributed by atoms with Crippen LogP contribution in [0.25, 0.3) is 10.8 Å². The van der Waals surface area contributed by atoms with Gasteiger partial charge < -0.3 is 14.9 Å². The topological polar surface area (TPSA) is 49.7 Å².